The molecular formula is C9H10N2O3. The van der Waals surface area contributed by atoms with E-state index in [-0.39, 0.29) is 17.3 Å². The minimum absolute atomic E-state index is 0.00852. The summed E-state index contributed by atoms with van der Waals surface area (Å²) in [5.41, 5.74) is 0.643. The maximum atomic E-state index is 10.8. The second kappa shape index (κ2) is 3.87. The molecule has 0 saturated carbocycles. The molecule has 2 N–H and O–H groups in total. The van der Waals surface area contributed by atoms with Gasteiger partial charge in [-0.3, -0.25) is 4.79 Å². The molecule has 1 amide bonds. The Kier molecular flexibility index (Phi) is 2.81. The molecule has 5 heteroatoms. The Morgan fingerprint density at radius 2 is 2.07 bits per heavy atom. The number of carboxylic acids is 1. The van der Waals surface area contributed by atoms with Crippen molar-refractivity contribution in [2.24, 2.45) is 0 Å². The highest BCUT2D eigenvalue weighted by Gasteiger charge is 2.11. The van der Waals surface area contributed by atoms with Crippen molar-refractivity contribution in [1.82, 2.24) is 4.98 Å². The molecule has 1 rings (SSSR count). The number of carboxylic acid groups (broad SMARTS) is 1. The van der Waals surface area contributed by atoms with E-state index in [2.05, 4.69) is 10.3 Å². The van der Waals surface area contributed by atoms with E-state index in [1.165, 1.54) is 13.0 Å². The molecule has 0 fully saturated rings. The van der Waals surface area contributed by atoms with Gasteiger partial charge < -0.3 is 10.4 Å². The first-order valence-corrected chi connectivity index (χ1v) is 3.99. The lowest BCUT2D eigenvalue weighted by molar-refractivity contribution is -0.114. The Morgan fingerprint density at radius 1 is 1.43 bits per heavy atom. The fourth-order valence-corrected chi connectivity index (χ4v) is 0.991. The van der Waals surface area contributed by atoms with Crippen LogP contribution in [0.2, 0.25) is 0 Å². The van der Waals surface area contributed by atoms with Gasteiger partial charge in [-0.25, -0.2) is 9.78 Å². The van der Waals surface area contributed by atoms with Crippen LogP contribution in [0.1, 0.15) is 23.0 Å². The van der Waals surface area contributed by atoms with Crippen molar-refractivity contribution < 1.29 is 14.7 Å². The fourth-order valence-electron chi connectivity index (χ4n) is 0.991. The summed E-state index contributed by atoms with van der Waals surface area (Å²) in [5.74, 6) is -1.36. The predicted octanol–water partition coefficient (Wildman–Crippen LogP) is 1.05. The van der Waals surface area contributed by atoms with Crippen molar-refractivity contribution in [3.05, 3.63) is 23.4 Å². The van der Waals surface area contributed by atoms with E-state index in [9.17, 15) is 9.59 Å². The number of nitrogens with one attached hydrogen (secondary N) is 1. The van der Waals surface area contributed by atoms with E-state index in [0.717, 1.165) is 0 Å². The second-order valence-electron chi connectivity index (χ2n) is 2.84. The van der Waals surface area contributed by atoms with Gasteiger partial charge in [0, 0.05) is 12.6 Å². The predicted molar refractivity (Wildman–Crippen MR) is 50.2 cm³/mol. The molecule has 1 heterocycles. The lowest BCUT2D eigenvalue weighted by atomic mass is 10.2. The van der Waals surface area contributed by atoms with Gasteiger partial charge in [0.05, 0.1) is 0 Å². The Bertz CT molecular complexity index is 388. The number of pyridine rings is 1. The molecule has 14 heavy (non-hydrogen) atoms. The molecule has 0 aromatic carbocycles. The number of aryl methyl sites for hydroxylation is 1. The summed E-state index contributed by atoms with van der Waals surface area (Å²) in [6.07, 6.45) is 0. The number of hydrogen-bond acceptors (Lipinski definition) is 3. The average molecular weight is 194 g/mol. The number of hydrogen-bond donors (Lipinski definition) is 2. The summed E-state index contributed by atoms with van der Waals surface area (Å²) in [5, 5.41) is 11.1. The Hall–Kier alpha value is -1.91. The minimum atomic E-state index is -1.11. The van der Waals surface area contributed by atoms with Crippen LogP contribution < -0.4 is 5.32 Å². The molecule has 0 aliphatic carbocycles. The number of aromatic carboxylic acids is 1. The SMILES string of the molecule is CC(=O)Nc1nc(C)ccc1C(=O)O. The van der Waals surface area contributed by atoms with Crippen LogP contribution in [0.15, 0.2) is 12.1 Å². The summed E-state index contributed by atoms with van der Waals surface area (Å²) in [6.45, 7) is 3.02. The molecule has 1 aromatic rings. The first kappa shape index (κ1) is 10.2. The van der Waals surface area contributed by atoms with Gasteiger partial charge in [0.15, 0.2) is 0 Å². The van der Waals surface area contributed by atoms with E-state index < -0.39 is 5.97 Å². The third-order valence-electron chi connectivity index (χ3n) is 1.56. The van der Waals surface area contributed by atoms with Crippen molar-refractivity contribution >= 4 is 17.7 Å². The number of carbonyl (C=O) groups is 2. The summed E-state index contributed by atoms with van der Waals surface area (Å²) in [6, 6.07) is 2.99. The van der Waals surface area contributed by atoms with Gasteiger partial charge in [0.25, 0.3) is 0 Å². The first-order chi connectivity index (χ1) is 6.50. The van der Waals surface area contributed by atoms with Gasteiger partial charge in [0.2, 0.25) is 5.91 Å². The number of nitrogens with zero attached hydrogens (tertiary/aromatic N) is 1. The minimum Gasteiger partial charge on any atom is -0.478 e. The van der Waals surface area contributed by atoms with Gasteiger partial charge in [-0.15, -0.1) is 0 Å². The van der Waals surface area contributed by atoms with Crippen LogP contribution in [0.25, 0.3) is 0 Å². The monoisotopic (exact) mass is 194 g/mol. The van der Waals surface area contributed by atoms with Crippen molar-refractivity contribution in [3.63, 3.8) is 0 Å². The molecule has 5 nitrogen and oxygen atoms in total. The molecule has 0 aliphatic rings. The van der Waals surface area contributed by atoms with Crippen molar-refractivity contribution in [2.45, 2.75) is 13.8 Å². The maximum Gasteiger partial charge on any atom is 0.339 e. The zero-order valence-electron chi connectivity index (χ0n) is 7.87. The second-order valence-corrected chi connectivity index (χ2v) is 2.84. The number of rotatable bonds is 2. The third kappa shape index (κ3) is 2.29. The zero-order valence-corrected chi connectivity index (χ0v) is 7.87. The number of carbonyl (C=O) groups excluding carboxylic acids is 1. The van der Waals surface area contributed by atoms with Gasteiger partial charge in [0.1, 0.15) is 11.4 Å². The molecule has 0 saturated heterocycles. The lowest BCUT2D eigenvalue weighted by Crippen LogP contribution is -2.12. The summed E-state index contributed by atoms with van der Waals surface area (Å²) in [4.78, 5) is 25.4. The highest BCUT2D eigenvalue weighted by Crippen LogP contribution is 2.13. The fraction of sp³-hybridized carbons (Fsp3) is 0.222. The number of amides is 1. The average Bonchev–Trinajstić information content (AvgIpc) is 2.01. The molecule has 0 spiro atoms. The van der Waals surface area contributed by atoms with Crippen LogP contribution >= 0.6 is 0 Å². The van der Waals surface area contributed by atoms with Gasteiger partial charge in [-0.05, 0) is 19.1 Å². The molecule has 0 radical (unpaired) electrons. The van der Waals surface area contributed by atoms with Crippen LogP contribution in [0, 0.1) is 6.92 Å². The largest absolute Gasteiger partial charge is 0.478 e. The highest BCUT2D eigenvalue weighted by atomic mass is 16.4. The third-order valence-corrected chi connectivity index (χ3v) is 1.56. The summed E-state index contributed by atoms with van der Waals surface area (Å²) in [7, 11) is 0. The molecular weight excluding hydrogens is 184 g/mol. The topological polar surface area (TPSA) is 79.3 Å². The maximum absolute atomic E-state index is 10.8. The molecule has 0 aliphatic heterocycles. The van der Waals surface area contributed by atoms with E-state index >= 15 is 0 Å². The Morgan fingerprint density at radius 3 is 2.57 bits per heavy atom. The van der Waals surface area contributed by atoms with E-state index in [1.807, 2.05) is 0 Å². The molecule has 74 valence electrons. The number of aromatic nitrogens is 1. The zero-order chi connectivity index (χ0) is 10.7. The van der Waals surface area contributed by atoms with Crippen molar-refractivity contribution in [2.75, 3.05) is 5.32 Å². The Labute approximate surface area is 80.8 Å². The van der Waals surface area contributed by atoms with Crippen molar-refractivity contribution in [1.29, 1.82) is 0 Å². The van der Waals surface area contributed by atoms with Crippen LogP contribution in [0.3, 0.4) is 0 Å². The summed E-state index contributed by atoms with van der Waals surface area (Å²) < 4.78 is 0. The van der Waals surface area contributed by atoms with Crippen LogP contribution in [-0.4, -0.2) is 22.0 Å². The standard InChI is InChI=1S/C9H10N2O3/c1-5-3-4-7(9(13)14)8(10-5)11-6(2)12/h3-4H,1-2H3,(H,13,14)(H,10,11,12). The van der Waals surface area contributed by atoms with E-state index in [1.54, 1.807) is 13.0 Å². The normalized spacial score (nSPS) is 9.57. The molecule has 1 aromatic heterocycles. The van der Waals surface area contributed by atoms with Crippen LogP contribution in [0.5, 0.6) is 0 Å². The van der Waals surface area contributed by atoms with Gasteiger partial charge >= 0.3 is 5.97 Å². The van der Waals surface area contributed by atoms with Crippen LogP contribution in [0.4, 0.5) is 5.82 Å². The highest BCUT2D eigenvalue weighted by molar-refractivity contribution is 5.98. The quantitative estimate of drug-likeness (QED) is 0.737. The van der Waals surface area contributed by atoms with Gasteiger partial charge in [-0.1, -0.05) is 0 Å². The Balaban J connectivity index is 3.15. The summed E-state index contributed by atoms with van der Waals surface area (Å²) >= 11 is 0. The molecule has 0 bridgehead atoms. The van der Waals surface area contributed by atoms with E-state index in [4.69, 9.17) is 5.11 Å². The van der Waals surface area contributed by atoms with Crippen LogP contribution in [-0.2, 0) is 4.79 Å². The smallest absolute Gasteiger partial charge is 0.339 e. The lowest BCUT2D eigenvalue weighted by Gasteiger charge is -2.05. The van der Waals surface area contributed by atoms with Gasteiger partial charge in [-0.2, -0.15) is 0 Å². The van der Waals surface area contributed by atoms with E-state index in [0.29, 0.717) is 5.69 Å². The van der Waals surface area contributed by atoms with Crippen molar-refractivity contribution in [3.8, 4) is 0 Å². The molecule has 0 atom stereocenters. The number of anilines is 1. The molecule has 0 unspecified atom stereocenters. The first-order valence-electron chi connectivity index (χ1n) is 3.99.